The molecule has 134 valence electrons. The van der Waals surface area contributed by atoms with Crippen LogP contribution in [-0.2, 0) is 11.2 Å². The number of amides is 1. The largest absolute Gasteiger partial charge is 0.408 e. The SMILES string of the molecule is O=C(CCSc1ccccc1)Nc1nnc(CCSc2ccccc2)o1. The number of carbonyl (C=O) groups excluding carboxylic acids is 1. The molecule has 0 radical (unpaired) electrons. The average molecular weight is 386 g/mol. The van der Waals surface area contributed by atoms with E-state index < -0.39 is 0 Å². The van der Waals surface area contributed by atoms with Crippen molar-refractivity contribution in [2.45, 2.75) is 22.6 Å². The molecule has 3 aromatic rings. The molecule has 5 nitrogen and oxygen atoms in total. The topological polar surface area (TPSA) is 68.0 Å². The highest BCUT2D eigenvalue weighted by Crippen LogP contribution is 2.19. The Bertz CT molecular complexity index is 810. The predicted octanol–water partition coefficient (Wildman–Crippen LogP) is 4.53. The minimum Gasteiger partial charge on any atom is -0.408 e. The van der Waals surface area contributed by atoms with Gasteiger partial charge in [0.15, 0.2) is 0 Å². The highest BCUT2D eigenvalue weighted by Gasteiger charge is 2.10. The van der Waals surface area contributed by atoms with Crippen molar-refractivity contribution in [1.82, 2.24) is 10.2 Å². The van der Waals surface area contributed by atoms with Crippen LogP contribution < -0.4 is 5.32 Å². The standard InChI is InChI=1S/C19H19N3O2S2/c23-17(11-13-25-15-7-3-1-4-8-15)20-19-22-21-18(24-19)12-14-26-16-9-5-2-6-10-16/h1-10H,11-14H2,(H,20,22,23). The molecule has 0 unspecified atom stereocenters. The van der Waals surface area contributed by atoms with E-state index in [0.717, 1.165) is 10.6 Å². The van der Waals surface area contributed by atoms with E-state index >= 15 is 0 Å². The zero-order valence-electron chi connectivity index (χ0n) is 14.1. The van der Waals surface area contributed by atoms with Gasteiger partial charge in [-0.1, -0.05) is 41.5 Å². The van der Waals surface area contributed by atoms with E-state index in [2.05, 4.69) is 27.6 Å². The Morgan fingerprint density at radius 3 is 2.15 bits per heavy atom. The maximum atomic E-state index is 12.0. The van der Waals surface area contributed by atoms with Gasteiger partial charge in [0.1, 0.15) is 0 Å². The van der Waals surface area contributed by atoms with Crippen LogP contribution in [0.5, 0.6) is 0 Å². The molecule has 0 aliphatic heterocycles. The Balaban J connectivity index is 1.36. The molecule has 0 spiro atoms. The fourth-order valence-corrected chi connectivity index (χ4v) is 3.87. The van der Waals surface area contributed by atoms with Gasteiger partial charge in [-0.15, -0.1) is 28.6 Å². The molecule has 0 saturated heterocycles. The molecule has 1 aromatic heterocycles. The predicted molar refractivity (Wildman–Crippen MR) is 106 cm³/mol. The molecule has 0 bridgehead atoms. The van der Waals surface area contributed by atoms with Gasteiger partial charge in [-0.25, -0.2) is 0 Å². The minimum absolute atomic E-state index is 0.123. The molecular weight excluding hydrogens is 366 g/mol. The number of nitrogens with zero attached hydrogens (tertiary/aromatic N) is 2. The average Bonchev–Trinajstić information content (AvgIpc) is 3.10. The summed E-state index contributed by atoms with van der Waals surface area (Å²) in [4.78, 5) is 14.3. The number of aromatic nitrogens is 2. The van der Waals surface area contributed by atoms with Gasteiger partial charge in [-0.2, -0.15) is 0 Å². The molecule has 0 saturated carbocycles. The molecule has 1 N–H and O–H groups in total. The summed E-state index contributed by atoms with van der Waals surface area (Å²) < 4.78 is 5.48. The van der Waals surface area contributed by atoms with E-state index in [1.165, 1.54) is 4.90 Å². The van der Waals surface area contributed by atoms with Crippen molar-refractivity contribution < 1.29 is 9.21 Å². The van der Waals surface area contributed by atoms with Crippen molar-refractivity contribution in [3.05, 3.63) is 66.6 Å². The van der Waals surface area contributed by atoms with Gasteiger partial charge < -0.3 is 4.42 Å². The summed E-state index contributed by atoms with van der Waals surface area (Å²) in [5.41, 5.74) is 0. The summed E-state index contributed by atoms with van der Waals surface area (Å²) in [6.07, 6.45) is 1.05. The van der Waals surface area contributed by atoms with Crippen LogP contribution in [0.4, 0.5) is 6.01 Å². The summed E-state index contributed by atoms with van der Waals surface area (Å²) >= 11 is 3.37. The zero-order chi connectivity index (χ0) is 18.0. The number of hydrogen-bond donors (Lipinski definition) is 1. The molecule has 1 amide bonds. The third-order valence-corrected chi connectivity index (χ3v) is 5.41. The molecule has 0 atom stereocenters. The van der Waals surface area contributed by atoms with Gasteiger partial charge in [0, 0.05) is 34.1 Å². The minimum atomic E-state index is -0.123. The lowest BCUT2D eigenvalue weighted by Gasteiger charge is -2.01. The lowest BCUT2D eigenvalue weighted by molar-refractivity contribution is -0.115. The third-order valence-electron chi connectivity index (χ3n) is 3.38. The Labute approximate surface area is 161 Å². The van der Waals surface area contributed by atoms with E-state index in [0.29, 0.717) is 24.5 Å². The van der Waals surface area contributed by atoms with Crippen molar-refractivity contribution in [1.29, 1.82) is 0 Å². The monoisotopic (exact) mass is 385 g/mol. The number of aryl methyl sites for hydroxylation is 1. The first-order valence-corrected chi connectivity index (χ1v) is 10.2. The second-order valence-corrected chi connectivity index (χ2v) is 7.71. The van der Waals surface area contributed by atoms with E-state index in [1.807, 2.05) is 48.5 Å². The molecule has 0 aliphatic carbocycles. The second kappa shape index (κ2) is 10.0. The molecule has 0 fully saturated rings. The number of anilines is 1. The van der Waals surface area contributed by atoms with Crippen LogP contribution in [0.2, 0.25) is 0 Å². The first kappa shape index (κ1) is 18.5. The van der Waals surface area contributed by atoms with Crippen LogP contribution in [0.25, 0.3) is 0 Å². The van der Waals surface area contributed by atoms with Crippen molar-refractivity contribution >= 4 is 35.4 Å². The number of hydrogen-bond acceptors (Lipinski definition) is 6. The Morgan fingerprint density at radius 1 is 0.885 bits per heavy atom. The lowest BCUT2D eigenvalue weighted by atomic mass is 10.4. The molecule has 26 heavy (non-hydrogen) atoms. The smallest absolute Gasteiger partial charge is 0.322 e. The molecule has 0 aliphatic rings. The first-order valence-electron chi connectivity index (χ1n) is 8.27. The van der Waals surface area contributed by atoms with Gasteiger partial charge in [0.25, 0.3) is 0 Å². The summed E-state index contributed by atoms with van der Waals surface area (Å²) in [6, 6.07) is 20.3. The van der Waals surface area contributed by atoms with Crippen LogP contribution >= 0.6 is 23.5 Å². The molecular formula is C19H19N3O2S2. The van der Waals surface area contributed by atoms with Crippen LogP contribution in [0.1, 0.15) is 12.3 Å². The van der Waals surface area contributed by atoms with Crippen molar-refractivity contribution in [2.24, 2.45) is 0 Å². The van der Waals surface area contributed by atoms with Crippen LogP contribution in [0, 0.1) is 0 Å². The Hall–Kier alpha value is -2.25. The maximum Gasteiger partial charge on any atom is 0.322 e. The number of benzene rings is 2. The molecule has 7 heteroatoms. The maximum absolute atomic E-state index is 12.0. The fraction of sp³-hybridized carbons (Fsp3) is 0.211. The summed E-state index contributed by atoms with van der Waals surface area (Å²) in [5.74, 6) is 1.95. The Kier molecular flexibility index (Phi) is 7.15. The second-order valence-electron chi connectivity index (χ2n) is 5.37. The highest BCUT2D eigenvalue weighted by molar-refractivity contribution is 7.99. The van der Waals surface area contributed by atoms with Crippen LogP contribution in [0.15, 0.2) is 74.9 Å². The molecule has 2 aromatic carbocycles. The number of thioether (sulfide) groups is 2. The molecule has 1 heterocycles. The zero-order valence-corrected chi connectivity index (χ0v) is 15.8. The van der Waals surface area contributed by atoms with Crippen molar-refractivity contribution in [2.75, 3.05) is 16.8 Å². The van der Waals surface area contributed by atoms with E-state index in [-0.39, 0.29) is 11.9 Å². The number of nitrogens with one attached hydrogen (secondary N) is 1. The highest BCUT2D eigenvalue weighted by atomic mass is 32.2. The Morgan fingerprint density at radius 2 is 1.50 bits per heavy atom. The molecule has 3 rings (SSSR count). The summed E-state index contributed by atoms with van der Waals surface area (Å²) in [5, 5.41) is 10.5. The van der Waals surface area contributed by atoms with Gasteiger partial charge in [-0.05, 0) is 24.3 Å². The van der Waals surface area contributed by atoms with E-state index in [4.69, 9.17) is 4.42 Å². The van der Waals surface area contributed by atoms with Gasteiger partial charge in [-0.3, -0.25) is 10.1 Å². The van der Waals surface area contributed by atoms with Crippen molar-refractivity contribution in [3.8, 4) is 0 Å². The number of rotatable bonds is 9. The van der Waals surface area contributed by atoms with E-state index in [1.54, 1.807) is 23.5 Å². The number of carbonyl (C=O) groups is 1. The van der Waals surface area contributed by atoms with Crippen LogP contribution in [-0.4, -0.2) is 27.6 Å². The van der Waals surface area contributed by atoms with E-state index in [9.17, 15) is 4.79 Å². The fourth-order valence-electron chi connectivity index (χ4n) is 2.14. The normalized spacial score (nSPS) is 10.6. The first-order chi connectivity index (χ1) is 12.8. The third kappa shape index (κ3) is 6.24. The van der Waals surface area contributed by atoms with Crippen LogP contribution in [0.3, 0.4) is 0 Å². The van der Waals surface area contributed by atoms with Crippen molar-refractivity contribution in [3.63, 3.8) is 0 Å². The summed E-state index contributed by atoms with van der Waals surface area (Å²) in [6.45, 7) is 0. The quantitative estimate of drug-likeness (QED) is 0.546. The van der Waals surface area contributed by atoms with Gasteiger partial charge >= 0.3 is 6.01 Å². The van der Waals surface area contributed by atoms with Gasteiger partial charge in [0.05, 0.1) is 0 Å². The summed E-state index contributed by atoms with van der Waals surface area (Å²) in [7, 11) is 0. The lowest BCUT2D eigenvalue weighted by Crippen LogP contribution is -2.12. The van der Waals surface area contributed by atoms with Gasteiger partial charge in [0.2, 0.25) is 11.8 Å².